The lowest BCUT2D eigenvalue weighted by molar-refractivity contribution is 0.0282. The molecule has 4 atom stereocenters. The Hall–Kier alpha value is -3.03. The second-order valence-electron chi connectivity index (χ2n) is 10.4. The van der Waals surface area contributed by atoms with E-state index in [1.165, 1.54) is 36.3 Å². The van der Waals surface area contributed by atoms with Gasteiger partial charge in [0.05, 0.1) is 19.9 Å². The lowest BCUT2D eigenvalue weighted by Gasteiger charge is -2.50. The van der Waals surface area contributed by atoms with Gasteiger partial charge in [-0.05, 0) is 67.3 Å². The molecule has 1 aromatic heterocycles. The maximum absolute atomic E-state index is 5.50. The Kier molecular flexibility index (Phi) is 7.21. The van der Waals surface area contributed by atoms with E-state index in [0.29, 0.717) is 17.9 Å². The Balaban J connectivity index is 1.22. The smallest absolute Gasteiger partial charge is 0.161 e. The summed E-state index contributed by atoms with van der Waals surface area (Å²) in [5.74, 6) is 2.70. The van der Waals surface area contributed by atoms with E-state index in [4.69, 9.17) is 14.6 Å². The molecule has 3 aromatic rings. The minimum Gasteiger partial charge on any atom is -0.493 e. The van der Waals surface area contributed by atoms with Gasteiger partial charge in [-0.15, -0.1) is 0 Å². The van der Waals surface area contributed by atoms with E-state index in [1.54, 1.807) is 14.2 Å². The topological polar surface area (TPSA) is 54.8 Å². The van der Waals surface area contributed by atoms with Crippen LogP contribution in [0, 0.1) is 5.92 Å². The van der Waals surface area contributed by atoms with Crippen LogP contribution in [0.4, 0.5) is 5.69 Å². The first-order valence-electron chi connectivity index (χ1n) is 12.9. The Morgan fingerprint density at radius 2 is 1.81 bits per heavy atom. The first-order chi connectivity index (χ1) is 17.5. The van der Waals surface area contributed by atoms with Crippen LogP contribution in [0.1, 0.15) is 30.0 Å². The third kappa shape index (κ3) is 4.95. The third-order valence-electron chi connectivity index (χ3n) is 8.02. The number of benzene rings is 2. The molecule has 0 aliphatic carbocycles. The summed E-state index contributed by atoms with van der Waals surface area (Å²) in [6.45, 7) is 4.27. The maximum Gasteiger partial charge on any atom is 0.161 e. The van der Waals surface area contributed by atoms with E-state index in [0.717, 1.165) is 42.4 Å². The standard InChI is InChI=1S/C29H39N5O2/c1-32(2)23-9-6-20(7-10-23)17-30-18-24-14-21-12-13-34(24)19-25(21)27-16-26(31-33(27)3)22-8-11-28(35-4)29(15-22)36-5/h6-11,15-16,21,24-25,30H,12-14,17-19H2,1-5H3/t21-,24+,25+/m0/s1. The first-order valence-corrected chi connectivity index (χ1v) is 12.9. The Morgan fingerprint density at radius 1 is 1.03 bits per heavy atom. The zero-order valence-electron chi connectivity index (χ0n) is 22.2. The largest absolute Gasteiger partial charge is 0.493 e. The minimum absolute atomic E-state index is 0.528. The summed E-state index contributed by atoms with van der Waals surface area (Å²) in [6, 6.07) is 17.7. The van der Waals surface area contributed by atoms with E-state index < -0.39 is 0 Å². The van der Waals surface area contributed by atoms with E-state index in [2.05, 4.69) is 77.3 Å². The predicted octanol–water partition coefficient (Wildman–Crippen LogP) is 4.14. The fourth-order valence-corrected chi connectivity index (χ4v) is 5.95. The molecule has 3 saturated heterocycles. The minimum atomic E-state index is 0.528. The fourth-order valence-electron chi connectivity index (χ4n) is 5.95. The van der Waals surface area contributed by atoms with Crippen molar-refractivity contribution in [3.8, 4) is 22.8 Å². The number of rotatable bonds is 9. The maximum atomic E-state index is 5.50. The van der Waals surface area contributed by atoms with Crippen molar-refractivity contribution in [2.75, 3.05) is 52.8 Å². The number of nitrogens with zero attached hydrogens (tertiary/aromatic N) is 4. The number of methoxy groups -OCH3 is 2. The quantitative estimate of drug-likeness (QED) is 0.488. The summed E-state index contributed by atoms with van der Waals surface area (Å²) in [4.78, 5) is 4.83. The molecule has 2 aromatic carbocycles. The van der Waals surface area contributed by atoms with Gasteiger partial charge in [0.25, 0.3) is 0 Å². The van der Waals surface area contributed by atoms with E-state index in [9.17, 15) is 0 Å². The van der Waals surface area contributed by atoms with Crippen LogP contribution in [0.15, 0.2) is 48.5 Å². The van der Waals surface area contributed by atoms with Gasteiger partial charge in [0, 0.05) is 69.7 Å². The molecule has 3 aliphatic rings. The van der Waals surface area contributed by atoms with Gasteiger partial charge in [-0.1, -0.05) is 12.1 Å². The van der Waals surface area contributed by atoms with Gasteiger partial charge in [-0.2, -0.15) is 5.10 Å². The van der Waals surface area contributed by atoms with Crippen LogP contribution in [-0.2, 0) is 13.6 Å². The summed E-state index contributed by atoms with van der Waals surface area (Å²) < 4.78 is 13.0. The summed E-state index contributed by atoms with van der Waals surface area (Å²) in [6.07, 6.45) is 2.51. The van der Waals surface area contributed by atoms with E-state index in [-0.39, 0.29) is 0 Å². The SMILES string of the molecule is COc1ccc(-c2cc([C@@H]3CN4CC[C@H]3C[C@@H]4CNCc3ccc(N(C)C)cc3)n(C)n2)cc1OC. The van der Waals surface area contributed by atoms with Crippen molar-refractivity contribution >= 4 is 5.69 Å². The number of anilines is 1. The fraction of sp³-hybridized carbons (Fsp3) is 0.483. The zero-order chi connectivity index (χ0) is 25.2. The lowest BCUT2D eigenvalue weighted by atomic mass is 9.74. The number of ether oxygens (including phenoxy) is 2. The molecular weight excluding hydrogens is 450 g/mol. The van der Waals surface area contributed by atoms with Gasteiger partial charge >= 0.3 is 0 Å². The van der Waals surface area contributed by atoms with Crippen molar-refractivity contribution < 1.29 is 9.47 Å². The molecule has 1 N–H and O–H groups in total. The van der Waals surface area contributed by atoms with Gasteiger partial charge < -0.3 is 19.7 Å². The molecule has 6 rings (SSSR count). The van der Waals surface area contributed by atoms with Crippen LogP contribution in [0.3, 0.4) is 0 Å². The number of fused-ring (bicyclic) bond motifs is 3. The highest BCUT2D eigenvalue weighted by Crippen LogP contribution is 2.42. The number of hydrogen-bond donors (Lipinski definition) is 1. The molecule has 0 amide bonds. The van der Waals surface area contributed by atoms with Gasteiger partial charge in [-0.25, -0.2) is 0 Å². The molecule has 3 aliphatic heterocycles. The molecule has 36 heavy (non-hydrogen) atoms. The molecule has 3 fully saturated rings. The van der Waals surface area contributed by atoms with Crippen molar-refractivity contribution in [1.82, 2.24) is 20.0 Å². The Bertz CT molecular complexity index is 1170. The molecule has 2 bridgehead atoms. The molecule has 1 unspecified atom stereocenters. The predicted molar refractivity (Wildman–Crippen MR) is 145 cm³/mol. The molecule has 7 heteroatoms. The van der Waals surface area contributed by atoms with Crippen molar-refractivity contribution in [3.05, 3.63) is 59.8 Å². The molecule has 192 valence electrons. The van der Waals surface area contributed by atoms with Crippen LogP contribution in [0.5, 0.6) is 11.5 Å². The van der Waals surface area contributed by atoms with Crippen molar-refractivity contribution in [1.29, 1.82) is 0 Å². The average molecular weight is 490 g/mol. The molecule has 7 nitrogen and oxygen atoms in total. The normalized spacial score (nSPS) is 23.0. The van der Waals surface area contributed by atoms with Crippen molar-refractivity contribution in [2.45, 2.75) is 31.3 Å². The summed E-state index contributed by atoms with van der Waals surface area (Å²) in [5, 5.41) is 8.60. The molecule has 0 spiro atoms. The van der Waals surface area contributed by atoms with Crippen molar-refractivity contribution in [3.63, 3.8) is 0 Å². The number of nitrogens with one attached hydrogen (secondary N) is 1. The van der Waals surface area contributed by atoms with Crippen LogP contribution in [-0.4, -0.2) is 68.7 Å². The van der Waals surface area contributed by atoms with Gasteiger partial charge in [0.15, 0.2) is 11.5 Å². The highest BCUT2D eigenvalue weighted by atomic mass is 16.5. The zero-order valence-corrected chi connectivity index (χ0v) is 22.2. The first kappa shape index (κ1) is 24.7. The second kappa shape index (κ2) is 10.5. The Labute approximate surface area is 215 Å². The van der Waals surface area contributed by atoms with Crippen LogP contribution >= 0.6 is 0 Å². The molecule has 0 radical (unpaired) electrons. The third-order valence-corrected chi connectivity index (χ3v) is 8.02. The van der Waals surface area contributed by atoms with Crippen molar-refractivity contribution in [2.24, 2.45) is 13.0 Å². The highest BCUT2D eigenvalue weighted by Gasteiger charge is 2.41. The summed E-state index contributed by atoms with van der Waals surface area (Å²) in [5.41, 5.74) is 5.96. The van der Waals surface area contributed by atoms with E-state index in [1.807, 2.05) is 12.1 Å². The second-order valence-corrected chi connectivity index (χ2v) is 10.4. The number of aryl methyl sites for hydroxylation is 1. The average Bonchev–Trinajstić information content (AvgIpc) is 3.30. The summed E-state index contributed by atoms with van der Waals surface area (Å²) >= 11 is 0. The van der Waals surface area contributed by atoms with Gasteiger partial charge in [0.1, 0.15) is 0 Å². The van der Waals surface area contributed by atoms with Gasteiger partial charge in [0.2, 0.25) is 0 Å². The molecule has 4 heterocycles. The van der Waals surface area contributed by atoms with Crippen LogP contribution in [0.25, 0.3) is 11.3 Å². The van der Waals surface area contributed by atoms with Crippen LogP contribution in [0.2, 0.25) is 0 Å². The van der Waals surface area contributed by atoms with E-state index >= 15 is 0 Å². The van der Waals surface area contributed by atoms with Crippen LogP contribution < -0.4 is 19.7 Å². The number of hydrogen-bond acceptors (Lipinski definition) is 6. The summed E-state index contributed by atoms with van der Waals surface area (Å²) in [7, 11) is 9.57. The van der Waals surface area contributed by atoms with Gasteiger partial charge in [-0.3, -0.25) is 9.58 Å². The highest BCUT2D eigenvalue weighted by molar-refractivity contribution is 5.64. The monoisotopic (exact) mass is 489 g/mol. The lowest BCUT2D eigenvalue weighted by Crippen LogP contribution is -2.55. The molecule has 0 saturated carbocycles. The Morgan fingerprint density at radius 3 is 2.47 bits per heavy atom. The number of piperidine rings is 3. The number of aromatic nitrogens is 2. The molecular formula is C29H39N5O2.